The average molecular weight is 367 g/mol. The number of ether oxygens (including phenoxy) is 1. The average Bonchev–Trinajstić information content (AvgIpc) is 2.72. The Balaban J connectivity index is 1.47. The lowest BCUT2D eigenvalue weighted by atomic mass is 10.0. The van der Waals surface area contributed by atoms with Crippen LogP contribution in [-0.2, 0) is 6.54 Å². The lowest BCUT2D eigenvalue weighted by Gasteiger charge is -2.36. The number of benzene rings is 2. The minimum atomic E-state index is 0.000578. The highest BCUT2D eigenvalue weighted by Gasteiger charge is 2.21. The topological polar surface area (TPSA) is 44.8 Å². The van der Waals surface area contributed by atoms with Gasteiger partial charge in [-0.25, -0.2) is 4.79 Å². The number of piperazine rings is 1. The van der Waals surface area contributed by atoms with Gasteiger partial charge >= 0.3 is 6.03 Å². The van der Waals surface area contributed by atoms with E-state index in [1.807, 2.05) is 29.2 Å². The van der Waals surface area contributed by atoms with Crippen LogP contribution in [0.4, 0.5) is 10.5 Å². The van der Waals surface area contributed by atoms with E-state index in [2.05, 4.69) is 48.3 Å². The third-order valence-electron chi connectivity index (χ3n) is 5.09. The van der Waals surface area contributed by atoms with E-state index in [-0.39, 0.29) is 6.03 Å². The summed E-state index contributed by atoms with van der Waals surface area (Å²) in [5.41, 5.74) is 3.65. The zero-order valence-corrected chi connectivity index (χ0v) is 16.4. The van der Waals surface area contributed by atoms with Gasteiger partial charge in [0.15, 0.2) is 0 Å². The maximum Gasteiger partial charge on any atom is 0.317 e. The van der Waals surface area contributed by atoms with Crippen molar-refractivity contribution in [3.63, 3.8) is 0 Å². The zero-order valence-electron chi connectivity index (χ0n) is 16.4. The zero-order chi connectivity index (χ0) is 19.2. The molecule has 5 nitrogen and oxygen atoms in total. The first-order valence-corrected chi connectivity index (χ1v) is 9.57. The van der Waals surface area contributed by atoms with Gasteiger partial charge in [-0.3, -0.25) is 0 Å². The molecule has 1 fully saturated rings. The Morgan fingerprint density at radius 3 is 2.19 bits per heavy atom. The van der Waals surface area contributed by atoms with Crippen molar-refractivity contribution in [2.75, 3.05) is 38.2 Å². The molecule has 3 rings (SSSR count). The second kappa shape index (κ2) is 8.80. The van der Waals surface area contributed by atoms with Gasteiger partial charge < -0.3 is 19.9 Å². The summed E-state index contributed by atoms with van der Waals surface area (Å²) in [7, 11) is 1.65. The summed E-state index contributed by atoms with van der Waals surface area (Å²) >= 11 is 0. The number of rotatable bonds is 5. The Morgan fingerprint density at radius 1 is 1.00 bits per heavy atom. The molecule has 1 saturated heterocycles. The van der Waals surface area contributed by atoms with E-state index in [0.29, 0.717) is 12.5 Å². The molecule has 0 radical (unpaired) electrons. The number of urea groups is 1. The molecule has 1 aliphatic heterocycles. The van der Waals surface area contributed by atoms with Gasteiger partial charge in [-0.1, -0.05) is 38.1 Å². The van der Waals surface area contributed by atoms with Crippen LogP contribution in [0.1, 0.15) is 30.9 Å². The van der Waals surface area contributed by atoms with Crippen molar-refractivity contribution >= 4 is 11.7 Å². The number of hydrogen-bond donors (Lipinski definition) is 1. The van der Waals surface area contributed by atoms with Crippen LogP contribution in [0.25, 0.3) is 0 Å². The first-order chi connectivity index (χ1) is 13.1. The van der Waals surface area contributed by atoms with Crippen molar-refractivity contribution in [1.82, 2.24) is 10.2 Å². The summed E-state index contributed by atoms with van der Waals surface area (Å²) < 4.78 is 5.15. The monoisotopic (exact) mass is 367 g/mol. The molecule has 0 atom stereocenters. The lowest BCUT2D eigenvalue weighted by Crippen LogP contribution is -2.51. The number of anilines is 1. The predicted molar refractivity (Wildman–Crippen MR) is 110 cm³/mol. The van der Waals surface area contributed by atoms with Crippen LogP contribution >= 0.6 is 0 Å². The van der Waals surface area contributed by atoms with E-state index < -0.39 is 0 Å². The molecular weight excluding hydrogens is 338 g/mol. The molecule has 144 valence electrons. The van der Waals surface area contributed by atoms with E-state index in [4.69, 9.17) is 4.74 Å². The van der Waals surface area contributed by atoms with E-state index in [9.17, 15) is 4.79 Å². The fourth-order valence-corrected chi connectivity index (χ4v) is 3.27. The number of hydrogen-bond acceptors (Lipinski definition) is 3. The number of amides is 2. The minimum Gasteiger partial charge on any atom is -0.497 e. The smallest absolute Gasteiger partial charge is 0.317 e. The molecule has 2 aromatic carbocycles. The third kappa shape index (κ3) is 4.94. The van der Waals surface area contributed by atoms with E-state index in [1.165, 1.54) is 11.3 Å². The van der Waals surface area contributed by atoms with Crippen molar-refractivity contribution in [3.8, 4) is 5.75 Å². The minimum absolute atomic E-state index is 0.000578. The first-order valence-electron chi connectivity index (χ1n) is 9.57. The van der Waals surface area contributed by atoms with Gasteiger partial charge in [-0.15, -0.1) is 0 Å². The Hall–Kier alpha value is -2.69. The summed E-state index contributed by atoms with van der Waals surface area (Å²) in [5.74, 6) is 1.37. The maximum absolute atomic E-state index is 12.4. The number of carbonyl (C=O) groups is 1. The van der Waals surface area contributed by atoms with Crippen molar-refractivity contribution in [2.24, 2.45) is 0 Å². The Morgan fingerprint density at radius 2 is 1.63 bits per heavy atom. The fourth-order valence-electron chi connectivity index (χ4n) is 3.27. The fraction of sp³-hybridized carbons (Fsp3) is 0.409. The molecule has 0 spiro atoms. The Labute approximate surface area is 161 Å². The molecule has 1 aliphatic rings. The first kappa shape index (κ1) is 19.1. The van der Waals surface area contributed by atoms with Crippen molar-refractivity contribution < 1.29 is 9.53 Å². The SMILES string of the molecule is COc1ccc(CNC(=O)N2CCN(c3ccc(C(C)C)cc3)CC2)cc1. The molecule has 2 amide bonds. The Kier molecular flexibility index (Phi) is 6.22. The van der Waals surface area contributed by atoms with Crippen LogP contribution in [0.3, 0.4) is 0 Å². The van der Waals surface area contributed by atoms with E-state index >= 15 is 0 Å². The van der Waals surface area contributed by atoms with Crippen molar-refractivity contribution in [1.29, 1.82) is 0 Å². The quantitative estimate of drug-likeness (QED) is 0.873. The normalized spacial score (nSPS) is 14.4. The number of methoxy groups -OCH3 is 1. The molecule has 0 unspecified atom stereocenters. The molecule has 0 bridgehead atoms. The van der Waals surface area contributed by atoms with E-state index in [1.54, 1.807) is 7.11 Å². The summed E-state index contributed by atoms with van der Waals surface area (Å²) in [6.07, 6.45) is 0. The van der Waals surface area contributed by atoms with Gasteiger partial charge in [-0.05, 0) is 41.3 Å². The van der Waals surface area contributed by atoms with Crippen LogP contribution < -0.4 is 15.0 Å². The highest BCUT2D eigenvalue weighted by atomic mass is 16.5. The second-order valence-electron chi connectivity index (χ2n) is 7.23. The van der Waals surface area contributed by atoms with Crippen LogP contribution in [0.5, 0.6) is 5.75 Å². The van der Waals surface area contributed by atoms with Crippen molar-refractivity contribution in [2.45, 2.75) is 26.3 Å². The van der Waals surface area contributed by atoms with Crippen LogP contribution in [-0.4, -0.2) is 44.2 Å². The standard InChI is InChI=1S/C22H29N3O2/c1-17(2)19-6-8-20(9-7-19)24-12-14-25(15-13-24)22(26)23-16-18-4-10-21(27-3)11-5-18/h4-11,17H,12-16H2,1-3H3,(H,23,26). The largest absolute Gasteiger partial charge is 0.497 e. The third-order valence-corrected chi connectivity index (χ3v) is 5.09. The van der Waals surface area contributed by atoms with Gasteiger partial charge in [0.25, 0.3) is 0 Å². The predicted octanol–water partition coefficient (Wildman–Crippen LogP) is 3.85. The molecule has 0 saturated carbocycles. The van der Waals surface area contributed by atoms with Gasteiger partial charge in [-0.2, -0.15) is 0 Å². The van der Waals surface area contributed by atoms with Crippen LogP contribution in [0, 0.1) is 0 Å². The van der Waals surface area contributed by atoms with Gasteiger partial charge in [0.1, 0.15) is 5.75 Å². The molecule has 0 aliphatic carbocycles. The van der Waals surface area contributed by atoms with Gasteiger partial charge in [0.2, 0.25) is 0 Å². The molecule has 1 N–H and O–H groups in total. The molecule has 2 aromatic rings. The lowest BCUT2D eigenvalue weighted by molar-refractivity contribution is 0.194. The number of carbonyl (C=O) groups excluding carboxylic acids is 1. The summed E-state index contributed by atoms with van der Waals surface area (Å²) in [6.45, 7) is 8.13. The maximum atomic E-state index is 12.4. The highest BCUT2D eigenvalue weighted by Crippen LogP contribution is 2.21. The van der Waals surface area contributed by atoms with E-state index in [0.717, 1.165) is 37.5 Å². The summed E-state index contributed by atoms with van der Waals surface area (Å²) in [4.78, 5) is 16.7. The second-order valence-corrected chi connectivity index (χ2v) is 7.23. The van der Waals surface area contributed by atoms with Crippen molar-refractivity contribution in [3.05, 3.63) is 59.7 Å². The molecular formula is C22H29N3O2. The molecule has 5 heteroatoms. The number of nitrogens with zero attached hydrogens (tertiary/aromatic N) is 2. The Bertz CT molecular complexity index is 733. The van der Waals surface area contributed by atoms with Crippen LogP contribution in [0.15, 0.2) is 48.5 Å². The van der Waals surface area contributed by atoms with Gasteiger partial charge in [0, 0.05) is 38.4 Å². The molecule has 1 heterocycles. The summed E-state index contributed by atoms with van der Waals surface area (Å²) in [5, 5.41) is 3.01. The van der Waals surface area contributed by atoms with Gasteiger partial charge in [0.05, 0.1) is 7.11 Å². The summed E-state index contributed by atoms with van der Waals surface area (Å²) in [6, 6.07) is 16.5. The molecule has 27 heavy (non-hydrogen) atoms. The molecule has 0 aromatic heterocycles. The highest BCUT2D eigenvalue weighted by molar-refractivity contribution is 5.74. The number of nitrogens with one attached hydrogen (secondary N) is 1. The van der Waals surface area contributed by atoms with Crippen LogP contribution in [0.2, 0.25) is 0 Å².